The van der Waals surface area contributed by atoms with Crippen LogP contribution in [-0.2, 0) is 20.9 Å². The molecule has 3 heterocycles. The number of hydrogen-bond donors (Lipinski definition) is 1. The number of ether oxygens (including phenoxy) is 1. The summed E-state index contributed by atoms with van der Waals surface area (Å²) in [6.45, 7) is 5.00. The molecule has 188 valence electrons. The Bertz CT molecular complexity index is 1020. The topological polar surface area (TPSA) is 81.8 Å². The summed E-state index contributed by atoms with van der Waals surface area (Å²) in [4.78, 5) is 31.1. The molecule has 0 radical (unpaired) electrons. The van der Waals surface area contributed by atoms with Crippen molar-refractivity contribution >= 4 is 11.8 Å². The third kappa shape index (κ3) is 6.27. The van der Waals surface area contributed by atoms with E-state index in [1.54, 1.807) is 18.3 Å². The molecule has 2 aliphatic heterocycles. The molecule has 0 spiro atoms. The van der Waals surface area contributed by atoms with Gasteiger partial charge in [0.1, 0.15) is 5.82 Å². The first kappa shape index (κ1) is 23.9. The van der Waals surface area contributed by atoms with E-state index in [1.165, 1.54) is 25.0 Å². The number of nitrogens with one attached hydrogen (secondary N) is 1. The van der Waals surface area contributed by atoms with Gasteiger partial charge in [0.05, 0.1) is 24.5 Å². The minimum atomic E-state index is -0.280. The van der Waals surface area contributed by atoms with Gasteiger partial charge >= 0.3 is 0 Å². The molecule has 1 saturated carbocycles. The standard InChI is InChI=1S/C26H34FN5O3/c27-22-8-6-20(7-9-22)26-21(13-28-29-26)14-30-15-23(35-18-19-4-5-19)16-32(25(34)17-30)12-2-11-31-10-1-3-24(31)33/h6-9,13,19,23H,1-5,10-12,14-18H2,(H,28,29). The molecule has 5 rings (SSSR count). The molecule has 1 unspecified atom stereocenters. The van der Waals surface area contributed by atoms with Crippen LogP contribution in [0.1, 0.15) is 37.7 Å². The molecule has 2 amide bonds. The van der Waals surface area contributed by atoms with Gasteiger partial charge in [-0.05, 0) is 55.9 Å². The van der Waals surface area contributed by atoms with E-state index in [0.29, 0.717) is 51.6 Å². The SMILES string of the molecule is O=C1CCCN1CCCN1CC(OCC2CC2)CN(Cc2cn[nH]c2-c2ccc(F)cc2)CC1=O. The zero-order valence-corrected chi connectivity index (χ0v) is 20.1. The fraction of sp³-hybridized carbons (Fsp3) is 0.577. The first-order valence-electron chi connectivity index (χ1n) is 12.7. The summed E-state index contributed by atoms with van der Waals surface area (Å²) in [6.07, 6.45) is 6.51. The lowest BCUT2D eigenvalue weighted by molar-refractivity contribution is -0.132. The maximum absolute atomic E-state index is 13.4. The Kier molecular flexibility index (Phi) is 7.43. The molecule has 1 atom stereocenters. The van der Waals surface area contributed by atoms with Crippen molar-refractivity contribution in [2.75, 3.05) is 45.9 Å². The predicted octanol–water partition coefficient (Wildman–Crippen LogP) is 2.67. The van der Waals surface area contributed by atoms with Crippen molar-refractivity contribution in [1.82, 2.24) is 24.9 Å². The molecule has 35 heavy (non-hydrogen) atoms. The summed E-state index contributed by atoms with van der Waals surface area (Å²) < 4.78 is 19.7. The highest BCUT2D eigenvalue weighted by molar-refractivity contribution is 5.79. The van der Waals surface area contributed by atoms with E-state index in [-0.39, 0.29) is 23.7 Å². The number of benzene rings is 1. The lowest BCUT2D eigenvalue weighted by Gasteiger charge is -2.25. The second-order valence-electron chi connectivity index (χ2n) is 10.0. The van der Waals surface area contributed by atoms with Crippen molar-refractivity contribution in [1.29, 1.82) is 0 Å². The number of hydrogen-bond acceptors (Lipinski definition) is 5. The van der Waals surface area contributed by atoms with Crippen LogP contribution in [0.4, 0.5) is 4.39 Å². The van der Waals surface area contributed by atoms with Gasteiger partial charge in [-0.2, -0.15) is 5.10 Å². The Morgan fingerprint density at radius 2 is 1.86 bits per heavy atom. The maximum Gasteiger partial charge on any atom is 0.236 e. The number of aromatic amines is 1. The minimum Gasteiger partial charge on any atom is -0.375 e. The van der Waals surface area contributed by atoms with Crippen molar-refractivity contribution in [2.45, 2.75) is 44.8 Å². The Morgan fingerprint density at radius 1 is 1.06 bits per heavy atom. The molecular weight excluding hydrogens is 449 g/mol. The van der Waals surface area contributed by atoms with E-state index < -0.39 is 0 Å². The number of aromatic nitrogens is 2. The quantitative estimate of drug-likeness (QED) is 0.562. The molecule has 2 aromatic rings. The number of amides is 2. The number of halogens is 1. The predicted molar refractivity (Wildman–Crippen MR) is 129 cm³/mol. The molecule has 8 nitrogen and oxygen atoms in total. The number of likely N-dealkylation sites (tertiary alicyclic amines) is 1. The van der Waals surface area contributed by atoms with Crippen molar-refractivity contribution < 1.29 is 18.7 Å². The van der Waals surface area contributed by atoms with E-state index in [0.717, 1.165) is 42.8 Å². The van der Waals surface area contributed by atoms with Crippen LogP contribution >= 0.6 is 0 Å². The van der Waals surface area contributed by atoms with E-state index in [4.69, 9.17) is 4.74 Å². The summed E-state index contributed by atoms with van der Waals surface area (Å²) in [5.41, 5.74) is 2.66. The van der Waals surface area contributed by atoms with Crippen LogP contribution in [-0.4, -0.2) is 88.7 Å². The molecule has 9 heteroatoms. The highest BCUT2D eigenvalue weighted by atomic mass is 19.1. The van der Waals surface area contributed by atoms with Crippen LogP contribution in [0.5, 0.6) is 0 Å². The van der Waals surface area contributed by atoms with Crippen LogP contribution in [0, 0.1) is 11.7 Å². The Labute approximate surface area is 205 Å². The summed E-state index contributed by atoms with van der Waals surface area (Å²) in [7, 11) is 0. The van der Waals surface area contributed by atoms with E-state index in [2.05, 4.69) is 15.1 Å². The lowest BCUT2D eigenvalue weighted by Crippen LogP contribution is -2.40. The van der Waals surface area contributed by atoms with Gasteiger partial charge in [0.15, 0.2) is 0 Å². The number of nitrogens with zero attached hydrogens (tertiary/aromatic N) is 4. The van der Waals surface area contributed by atoms with Crippen molar-refractivity contribution in [3.05, 3.63) is 41.8 Å². The smallest absolute Gasteiger partial charge is 0.236 e. The zero-order chi connectivity index (χ0) is 24.2. The third-order valence-corrected chi connectivity index (χ3v) is 7.13. The van der Waals surface area contributed by atoms with Gasteiger partial charge in [-0.3, -0.25) is 19.6 Å². The molecule has 1 N–H and O–H groups in total. The van der Waals surface area contributed by atoms with Crippen LogP contribution in [0.2, 0.25) is 0 Å². The van der Waals surface area contributed by atoms with Crippen molar-refractivity contribution in [3.8, 4) is 11.3 Å². The lowest BCUT2D eigenvalue weighted by atomic mass is 10.1. The highest BCUT2D eigenvalue weighted by Gasteiger charge is 2.31. The Hall–Kier alpha value is -2.78. The normalized spacial score (nSPS) is 21.7. The summed E-state index contributed by atoms with van der Waals surface area (Å²) in [5.74, 6) is 0.678. The van der Waals surface area contributed by atoms with Gasteiger partial charge in [-0.1, -0.05) is 0 Å². The fourth-order valence-corrected chi connectivity index (χ4v) is 4.98. The van der Waals surface area contributed by atoms with Crippen LogP contribution in [0.15, 0.2) is 30.5 Å². The summed E-state index contributed by atoms with van der Waals surface area (Å²) in [6, 6.07) is 6.33. The van der Waals surface area contributed by atoms with Gasteiger partial charge in [-0.15, -0.1) is 0 Å². The monoisotopic (exact) mass is 483 g/mol. The van der Waals surface area contributed by atoms with Crippen molar-refractivity contribution in [3.63, 3.8) is 0 Å². The van der Waals surface area contributed by atoms with Crippen LogP contribution in [0.3, 0.4) is 0 Å². The van der Waals surface area contributed by atoms with Gasteiger partial charge in [0.25, 0.3) is 0 Å². The van der Waals surface area contributed by atoms with E-state index in [9.17, 15) is 14.0 Å². The average molecular weight is 484 g/mol. The van der Waals surface area contributed by atoms with Gasteiger partial charge in [0.2, 0.25) is 11.8 Å². The highest BCUT2D eigenvalue weighted by Crippen LogP contribution is 2.30. The second kappa shape index (κ2) is 10.9. The number of rotatable bonds is 10. The van der Waals surface area contributed by atoms with Crippen LogP contribution < -0.4 is 0 Å². The van der Waals surface area contributed by atoms with Crippen LogP contribution in [0.25, 0.3) is 11.3 Å². The molecule has 1 aromatic carbocycles. The molecule has 1 aromatic heterocycles. The largest absolute Gasteiger partial charge is 0.375 e. The molecular formula is C26H34FN5O3. The van der Waals surface area contributed by atoms with Gasteiger partial charge in [-0.25, -0.2) is 4.39 Å². The number of H-pyrrole nitrogens is 1. The molecule has 3 fully saturated rings. The first-order valence-corrected chi connectivity index (χ1v) is 12.7. The summed E-state index contributed by atoms with van der Waals surface area (Å²) >= 11 is 0. The molecule has 1 aliphatic carbocycles. The summed E-state index contributed by atoms with van der Waals surface area (Å²) in [5, 5.41) is 7.24. The minimum absolute atomic E-state index is 0.0587. The fourth-order valence-electron chi connectivity index (χ4n) is 4.98. The van der Waals surface area contributed by atoms with E-state index in [1.807, 2.05) is 9.80 Å². The Morgan fingerprint density at radius 3 is 2.60 bits per heavy atom. The maximum atomic E-state index is 13.4. The van der Waals surface area contributed by atoms with Crippen molar-refractivity contribution in [2.24, 2.45) is 5.92 Å². The molecule has 0 bridgehead atoms. The average Bonchev–Trinajstić information content (AvgIpc) is 3.46. The first-order chi connectivity index (χ1) is 17.0. The second-order valence-corrected chi connectivity index (χ2v) is 10.0. The van der Waals surface area contributed by atoms with Gasteiger partial charge in [0, 0.05) is 63.4 Å². The zero-order valence-electron chi connectivity index (χ0n) is 20.1. The van der Waals surface area contributed by atoms with E-state index >= 15 is 0 Å². The molecule has 2 saturated heterocycles. The molecule has 3 aliphatic rings. The Balaban J connectivity index is 1.24. The number of carbonyl (C=O) groups is 2. The number of carbonyl (C=O) groups excluding carboxylic acids is 2. The van der Waals surface area contributed by atoms with Gasteiger partial charge < -0.3 is 14.5 Å². The third-order valence-electron chi connectivity index (χ3n) is 7.13.